The van der Waals surface area contributed by atoms with Crippen LogP contribution < -0.4 is 10.6 Å². The Morgan fingerprint density at radius 1 is 1.08 bits per heavy atom. The van der Waals surface area contributed by atoms with E-state index < -0.39 is 17.6 Å². The molecule has 0 saturated carbocycles. The van der Waals surface area contributed by atoms with Crippen molar-refractivity contribution in [2.24, 2.45) is 0 Å². The van der Waals surface area contributed by atoms with Crippen molar-refractivity contribution in [3.05, 3.63) is 113 Å². The molecule has 1 aliphatic heterocycles. The lowest BCUT2D eigenvalue weighted by atomic mass is 9.97. The van der Waals surface area contributed by atoms with Gasteiger partial charge in [-0.25, -0.2) is 4.98 Å². The highest BCUT2D eigenvalue weighted by atomic mass is 19.4. The first-order valence-corrected chi connectivity index (χ1v) is 12.5. The molecule has 3 aromatic carbocycles. The van der Waals surface area contributed by atoms with Crippen molar-refractivity contribution in [2.45, 2.75) is 25.9 Å². The molecule has 0 fully saturated rings. The van der Waals surface area contributed by atoms with E-state index in [1.54, 1.807) is 42.2 Å². The fourth-order valence-corrected chi connectivity index (χ4v) is 4.98. The molecule has 0 atom stereocenters. The Hall–Kier alpha value is -4.66. The third-order valence-corrected chi connectivity index (χ3v) is 6.96. The Labute approximate surface area is 222 Å². The topological polar surface area (TPSA) is 71.8 Å². The summed E-state index contributed by atoms with van der Waals surface area (Å²) in [6, 6.07) is 15.2. The molecule has 0 spiro atoms. The van der Waals surface area contributed by atoms with Gasteiger partial charge < -0.3 is 15.2 Å². The standard InChI is InChI=1S/C30H24F3N5O/c1-18-16-38(17-36-18)28-14-24(30(31,32)33)13-27(37-29(39)22-5-4-21-7-9-35-26(21)12-22)25(28)11-19-2-3-20-6-8-34-15-23(20)10-19/h2-6,8,10,12-17,35H,7,9,11H2,1H3,(H,37,39). The van der Waals surface area contributed by atoms with E-state index >= 15 is 0 Å². The van der Waals surface area contributed by atoms with Crippen LogP contribution in [-0.2, 0) is 19.0 Å². The molecule has 5 aromatic rings. The molecule has 0 saturated heterocycles. The normalized spacial score (nSPS) is 12.8. The van der Waals surface area contributed by atoms with Crippen molar-refractivity contribution in [2.75, 3.05) is 17.2 Å². The quantitative estimate of drug-likeness (QED) is 0.272. The van der Waals surface area contributed by atoms with Crippen molar-refractivity contribution in [3.63, 3.8) is 0 Å². The van der Waals surface area contributed by atoms with Crippen molar-refractivity contribution >= 4 is 28.1 Å². The average Bonchev–Trinajstić information content (AvgIpc) is 3.57. The molecule has 9 heteroatoms. The number of nitrogens with zero attached hydrogens (tertiary/aromatic N) is 3. The molecule has 1 amide bonds. The van der Waals surface area contributed by atoms with Crippen LogP contribution in [0.1, 0.15) is 38.3 Å². The Kier molecular flexibility index (Phi) is 6.06. The number of benzene rings is 3. The highest BCUT2D eigenvalue weighted by Crippen LogP contribution is 2.37. The molecular formula is C30H24F3N5O. The second-order valence-electron chi connectivity index (χ2n) is 9.68. The molecule has 0 radical (unpaired) electrons. The molecule has 2 aromatic heterocycles. The van der Waals surface area contributed by atoms with Gasteiger partial charge in [0.2, 0.25) is 0 Å². The lowest BCUT2D eigenvalue weighted by Crippen LogP contribution is -2.17. The fraction of sp³-hybridized carbons (Fsp3) is 0.167. The number of fused-ring (bicyclic) bond motifs is 2. The van der Waals surface area contributed by atoms with E-state index in [9.17, 15) is 18.0 Å². The van der Waals surface area contributed by atoms with Crippen LogP contribution in [0.25, 0.3) is 16.5 Å². The monoisotopic (exact) mass is 527 g/mol. The number of pyridine rings is 1. The molecule has 6 rings (SSSR count). The maximum Gasteiger partial charge on any atom is 0.416 e. The minimum atomic E-state index is -4.62. The number of imidazole rings is 1. The van der Waals surface area contributed by atoms with E-state index in [2.05, 4.69) is 20.6 Å². The van der Waals surface area contributed by atoms with Gasteiger partial charge in [0.1, 0.15) is 0 Å². The Bertz CT molecular complexity index is 1720. The van der Waals surface area contributed by atoms with Crippen molar-refractivity contribution < 1.29 is 18.0 Å². The summed E-state index contributed by atoms with van der Waals surface area (Å²) in [5, 5.41) is 7.95. The van der Waals surface area contributed by atoms with Crippen LogP contribution >= 0.6 is 0 Å². The molecular weight excluding hydrogens is 503 g/mol. The number of carbonyl (C=O) groups excluding carboxylic acids is 1. The van der Waals surface area contributed by atoms with Gasteiger partial charge in [-0.3, -0.25) is 9.78 Å². The number of alkyl halides is 3. The van der Waals surface area contributed by atoms with Gasteiger partial charge in [-0.05, 0) is 66.3 Å². The molecule has 1 aliphatic rings. The molecule has 0 bridgehead atoms. The first-order valence-electron chi connectivity index (χ1n) is 12.5. The van der Waals surface area contributed by atoms with Gasteiger partial charge in [0.15, 0.2) is 0 Å². The maximum absolute atomic E-state index is 14.1. The molecule has 2 N–H and O–H groups in total. The average molecular weight is 528 g/mol. The van der Waals surface area contributed by atoms with Crippen molar-refractivity contribution in [1.82, 2.24) is 14.5 Å². The molecule has 0 unspecified atom stereocenters. The summed E-state index contributed by atoms with van der Waals surface area (Å²) < 4.78 is 43.7. The van der Waals surface area contributed by atoms with Gasteiger partial charge in [0, 0.05) is 59.4 Å². The highest BCUT2D eigenvalue weighted by Gasteiger charge is 2.33. The molecule has 39 heavy (non-hydrogen) atoms. The Morgan fingerprint density at radius 3 is 2.74 bits per heavy atom. The van der Waals surface area contributed by atoms with Crippen LogP contribution in [0.5, 0.6) is 0 Å². The Balaban J connectivity index is 1.48. The van der Waals surface area contributed by atoms with E-state index in [1.807, 2.05) is 30.3 Å². The number of carbonyl (C=O) groups is 1. The van der Waals surface area contributed by atoms with Gasteiger partial charge >= 0.3 is 6.18 Å². The maximum atomic E-state index is 14.1. The summed E-state index contributed by atoms with van der Waals surface area (Å²) in [4.78, 5) is 21.8. The van der Waals surface area contributed by atoms with Crippen LogP contribution in [0.4, 0.5) is 24.5 Å². The zero-order valence-corrected chi connectivity index (χ0v) is 21.0. The van der Waals surface area contributed by atoms with E-state index in [1.165, 1.54) is 6.33 Å². The molecule has 3 heterocycles. The first-order chi connectivity index (χ1) is 18.7. The summed E-state index contributed by atoms with van der Waals surface area (Å²) in [7, 11) is 0. The minimum absolute atomic E-state index is 0.0934. The second kappa shape index (κ2) is 9.58. The van der Waals surface area contributed by atoms with Gasteiger partial charge in [-0.15, -0.1) is 0 Å². The number of amides is 1. The third-order valence-electron chi connectivity index (χ3n) is 6.96. The summed E-state index contributed by atoms with van der Waals surface area (Å²) >= 11 is 0. The van der Waals surface area contributed by atoms with Crippen molar-refractivity contribution in [3.8, 4) is 5.69 Å². The third kappa shape index (κ3) is 4.95. The number of aryl methyl sites for hydroxylation is 1. The SMILES string of the molecule is Cc1cn(-c2cc(C(F)(F)F)cc(NC(=O)c3ccc4c(c3)NCC4)c2Cc2ccc3ccncc3c2)cn1. The molecule has 6 nitrogen and oxygen atoms in total. The van der Waals surface area contributed by atoms with E-state index in [0.29, 0.717) is 22.5 Å². The first kappa shape index (κ1) is 24.7. The van der Waals surface area contributed by atoms with Crippen LogP contribution in [0.3, 0.4) is 0 Å². The van der Waals surface area contributed by atoms with Crippen LogP contribution in [0, 0.1) is 6.92 Å². The number of nitrogens with one attached hydrogen (secondary N) is 2. The number of hydrogen-bond acceptors (Lipinski definition) is 4. The van der Waals surface area contributed by atoms with Gasteiger partial charge in [-0.2, -0.15) is 13.2 Å². The van der Waals surface area contributed by atoms with E-state index in [0.717, 1.165) is 52.7 Å². The predicted molar refractivity (Wildman–Crippen MR) is 144 cm³/mol. The minimum Gasteiger partial charge on any atom is -0.384 e. The van der Waals surface area contributed by atoms with Crippen LogP contribution in [0.15, 0.2) is 79.5 Å². The largest absolute Gasteiger partial charge is 0.416 e. The van der Waals surface area contributed by atoms with E-state index in [4.69, 9.17) is 0 Å². The summed E-state index contributed by atoms with van der Waals surface area (Å²) in [6.45, 7) is 2.55. The Morgan fingerprint density at radius 2 is 1.95 bits per heavy atom. The van der Waals surface area contributed by atoms with E-state index in [-0.39, 0.29) is 12.1 Å². The number of rotatable bonds is 5. The highest BCUT2D eigenvalue weighted by molar-refractivity contribution is 6.05. The van der Waals surface area contributed by atoms with Gasteiger partial charge in [0.25, 0.3) is 5.91 Å². The lowest BCUT2D eigenvalue weighted by molar-refractivity contribution is -0.137. The lowest BCUT2D eigenvalue weighted by Gasteiger charge is -2.20. The second-order valence-corrected chi connectivity index (χ2v) is 9.68. The predicted octanol–water partition coefficient (Wildman–Crippen LogP) is 6.56. The number of anilines is 2. The number of halogens is 3. The zero-order chi connectivity index (χ0) is 27.1. The van der Waals surface area contributed by atoms with Crippen LogP contribution in [-0.4, -0.2) is 27.0 Å². The van der Waals surface area contributed by atoms with Gasteiger partial charge in [0.05, 0.1) is 23.3 Å². The smallest absolute Gasteiger partial charge is 0.384 e. The van der Waals surface area contributed by atoms with Crippen LogP contribution in [0.2, 0.25) is 0 Å². The number of aromatic nitrogens is 3. The van der Waals surface area contributed by atoms with Crippen molar-refractivity contribution in [1.29, 1.82) is 0 Å². The number of hydrogen-bond donors (Lipinski definition) is 2. The summed E-state index contributed by atoms with van der Waals surface area (Å²) in [6.07, 6.45) is 3.13. The fourth-order valence-electron chi connectivity index (χ4n) is 4.98. The van der Waals surface area contributed by atoms with Gasteiger partial charge in [-0.1, -0.05) is 18.2 Å². The summed E-state index contributed by atoms with van der Waals surface area (Å²) in [5.41, 5.74) is 3.93. The molecule has 196 valence electrons. The molecule has 0 aliphatic carbocycles. The zero-order valence-electron chi connectivity index (χ0n) is 21.0. The summed E-state index contributed by atoms with van der Waals surface area (Å²) in [5.74, 6) is -0.484.